The lowest BCUT2D eigenvalue weighted by Gasteiger charge is -2.14. The van der Waals surface area contributed by atoms with Gasteiger partial charge in [0.05, 0.1) is 22.1 Å². The van der Waals surface area contributed by atoms with Crippen LogP contribution in [0.25, 0.3) is 0 Å². The summed E-state index contributed by atoms with van der Waals surface area (Å²) in [5.41, 5.74) is 1.04. The fourth-order valence-electron chi connectivity index (χ4n) is 2.87. The number of sulfone groups is 1. The molecule has 0 spiro atoms. The van der Waals surface area contributed by atoms with Crippen LogP contribution in [-0.2, 0) is 21.1 Å². The molecule has 2 rings (SSSR count). The van der Waals surface area contributed by atoms with E-state index >= 15 is 0 Å². The first-order chi connectivity index (χ1) is 13.3. The minimum atomic E-state index is -3.96. The first-order valence-electron chi connectivity index (χ1n) is 8.80. The van der Waals surface area contributed by atoms with Crippen LogP contribution in [-0.4, -0.2) is 31.9 Å². The number of carboxylic acid groups (broad SMARTS) is 1. The molecule has 0 amide bonds. The Labute approximate surface area is 175 Å². The van der Waals surface area contributed by atoms with Gasteiger partial charge in [-0.2, -0.15) is 0 Å². The molecule has 1 atom stereocenters. The summed E-state index contributed by atoms with van der Waals surface area (Å²) in [6.45, 7) is 0. The highest BCUT2D eigenvalue weighted by molar-refractivity contribution is 7.92. The molecule has 1 unspecified atom stereocenters. The second-order valence-electron chi connectivity index (χ2n) is 6.40. The van der Waals surface area contributed by atoms with Crippen LogP contribution in [0.4, 0.5) is 0 Å². The first-order valence-corrected chi connectivity index (χ1v) is 11.1. The number of aryl methyl sites for hydroxylation is 1. The van der Waals surface area contributed by atoms with Crippen LogP contribution < -0.4 is 4.74 Å². The van der Waals surface area contributed by atoms with Crippen molar-refractivity contribution in [2.45, 2.75) is 42.2 Å². The second-order valence-corrected chi connectivity index (χ2v) is 9.34. The van der Waals surface area contributed by atoms with E-state index in [9.17, 15) is 18.3 Å². The van der Waals surface area contributed by atoms with Gasteiger partial charge >= 0.3 is 5.97 Å². The Kier molecular flexibility index (Phi) is 8.16. The average molecular weight is 445 g/mol. The van der Waals surface area contributed by atoms with E-state index in [0.717, 1.165) is 18.4 Å². The molecule has 0 heterocycles. The third-order valence-corrected chi connectivity index (χ3v) is 7.31. The Balaban J connectivity index is 1.93. The van der Waals surface area contributed by atoms with Crippen LogP contribution in [0.5, 0.6) is 5.75 Å². The molecular weight excluding hydrogens is 423 g/mol. The van der Waals surface area contributed by atoms with Gasteiger partial charge in [0.15, 0.2) is 15.1 Å². The van der Waals surface area contributed by atoms with Gasteiger partial charge in [0.1, 0.15) is 5.75 Å². The van der Waals surface area contributed by atoms with E-state index in [4.69, 9.17) is 27.9 Å². The van der Waals surface area contributed by atoms with E-state index in [1.165, 1.54) is 31.4 Å². The number of carboxylic acids is 1. The summed E-state index contributed by atoms with van der Waals surface area (Å²) in [4.78, 5) is 11.5. The molecule has 8 heteroatoms. The summed E-state index contributed by atoms with van der Waals surface area (Å²) in [7, 11) is -2.49. The van der Waals surface area contributed by atoms with E-state index in [-0.39, 0.29) is 11.3 Å². The number of rotatable bonds is 10. The summed E-state index contributed by atoms with van der Waals surface area (Å²) in [6.07, 6.45) is 2.83. The number of methoxy groups -OCH3 is 1. The van der Waals surface area contributed by atoms with E-state index in [1.807, 2.05) is 6.07 Å². The Bertz CT molecular complexity index is 911. The van der Waals surface area contributed by atoms with Crippen molar-refractivity contribution < 1.29 is 23.1 Å². The summed E-state index contributed by atoms with van der Waals surface area (Å²) >= 11 is 11.9. The van der Waals surface area contributed by atoms with Gasteiger partial charge in [0, 0.05) is 0 Å². The summed E-state index contributed by atoms with van der Waals surface area (Å²) in [6, 6.07) is 11.2. The van der Waals surface area contributed by atoms with Crippen molar-refractivity contribution in [3.05, 3.63) is 58.1 Å². The third kappa shape index (κ3) is 5.87. The van der Waals surface area contributed by atoms with Gasteiger partial charge in [0.25, 0.3) is 0 Å². The molecule has 2 aromatic carbocycles. The number of carbonyl (C=O) groups is 1. The minimum Gasteiger partial charge on any atom is -0.497 e. The largest absolute Gasteiger partial charge is 0.497 e. The minimum absolute atomic E-state index is 0.0171. The first kappa shape index (κ1) is 22.5. The highest BCUT2D eigenvalue weighted by atomic mass is 35.5. The van der Waals surface area contributed by atoms with Gasteiger partial charge in [-0.05, 0) is 61.2 Å². The predicted molar refractivity (Wildman–Crippen MR) is 110 cm³/mol. The molecule has 0 bridgehead atoms. The zero-order valence-electron chi connectivity index (χ0n) is 15.4. The van der Waals surface area contributed by atoms with Crippen LogP contribution in [0.2, 0.25) is 10.0 Å². The van der Waals surface area contributed by atoms with Crippen molar-refractivity contribution in [3.63, 3.8) is 0 Å². The maximum Gasteiger partial charge on any atom is 0.322 e. The number of aliphatic carboxylic acids is 1. The SMILES string of the molecule is COc1ccc(S(=O)(=O)C(CCCCCc2ccc(Cl)c(Cl)c2)C(=O)O)cc1. The van der Waals surface area contributed by atoms with Gasteiger partial charge in [0.2, 0.25) is 0 Å². The highest BCUT2D eigenvalue weighted by Crippen LogP contribution is 2.25. The lowest BCUT2D eigenvalue weighted by atomic mass is 10.1. The Morgan fingerprint density at radius 1 is 1.04 bits per heavy atom. The van der Waals surface area contributed by atoms with E-state index < -0.39 is 21.1 Å². The molecule has 1 N–H and O–H groups in total. The Morgan fingerprint density at radius 3 is 2.29 bits per heavy atom. The smallest absolute Gasteiger partial charge is 0.322 e. The van der Waals surface area contributed by atoms with E-state index in [1.54, 1.807) is 12.1 Å². The van der Waals surface area contributed by atoms with E-state index in [0.29, 0.717) is 28.6 Å². The maximum atomic E-state index is 12.7. The van der Waals surface area contributed by atoms with Gasteiger partial charge in [-0.25, -0.2) is 8.42 Å². The van der Waals surface area contributed by atoms with Crippen molar-refractivity contribution in [2.24, 2.45) is 0 Å². The Morgan fingerprint density at radius 2 is 1.71 bits per heavy atom. The van der Waals surface area contributed by atoms with Crippen LogP contribution >= 0.6 is 23.2 Å². The average Bonchev–Trinajstić information content (AvgIpc) is 2.66. The molecule has 0 radical (unpaired) electrons. The highest BCUT2D eigenvalue weighted by Gasteiger charge is 2.33. The lowest BCUT2D eigenvalue weighted by Crippen LogP contribution is -2.30. The molecule has 152 valence electrons. The summed E-state index contributed by atoms with van der Waals surface area (Å²) < 4.78 is 30.4. The zero-order valence-corrected chi connectivity index (χ0v) is 17.7. The number of hydrogen-bond donors (Lipinski definition) is 1. The molecule has 0 fully saturated rings. The molecule has 0 aromatic heterocycles. The number of ether oxygens (including phenoxy) is 1. The van der Waals surface area contributed by atoms with Crippen LogP contribution in [0, 0.1) is 0 Å². The molecule has 5 nitrogen and oxygen atoms in total. The second kappa shape index (κ2) is 10.1. The number of benzene rings is 2. The molecular formula is C20H22Cl2O5S. The zero-order chi connectivity index (χ0) is 20.7. The lowest BCUT2D eigenvalue weighted by molar-refractivity contribution is -0.136. The van der Waals surface area contributed by atoms with E-state index in [2.05, 4.69) is 0 Å². The van der Waals surface area contributed by atoms with Crippen molar-refractivity contribution in [3.8, 4) is 5.75 Å². The molecule has 0 saturated heterocycles. The molecule has 28 heavy (non-hydrogen) atoms. The normalized spacial score (nSPS) is 12.5. The summed E-state index contributed by atoms with van der Waals surface area (Å²) in [5.74, 6) is -0.826. The third-order valence-electron chi connectivity index (χ3n) is 4.45. The molecule has 0 aliphatic rings. The van der Waals surface area contributed by atoms with Crippen molar-refractivity contribution >= 4 is 39.0 Å². The van der Waals surface area contributed by atoms with Crippen molar-refractivity contribution in [1.82, 2.24) is 0 Å². The van der Waals surface area contributed by atoms with Crippen LogP contribution in [0.15, 0.2) is 47.4 Å². The Hall–Kier alpha value is -1.76. The van der Waals surface area contributed by atoms with Crippen LogP contribution in [0.1, 0.15) is 31.2 Å². The maximum absolute atomic E-state index is 12.7. The number of unbranched alkanes of at least 4 members (excludes halogenated alkanes) is 2. The van der Waals surface area contributed by atoms with Gasteiger partial charge in [-0.15, -0.1) is 0 Å². The fraction of sp³-hybridized carbons (Fsp3) is 0.350. The fourth-order valence-corrected chi connectivity index (χ4v) is 4.78. The monoisotopic (exact) mass is 444 g/mol. The summed E-state index contributed by atoms with van der Waals surface area (Å²) in [5, 5.41) is 8.96. The van der Waals surface area contributed by atoms with Gasteiger partial charge < -0.3 is 9.84 Å². The molecule has 2 aromatic rings. The standard InChI is InChI=1S/C20H22Cl2O5S/c1-27-15-8-10-16(11-9-15)28(25,26)19(20(23)24)6-4-2-3-5-14-7-12-17(21)18(22)13-14/h7-13,19H,2-6H2,1H3,(H,23,24). The molecule has 0 aliphatic heterocycles. The molecule has 0 saturated carbocycles. The molecule has 0 aliphatic carbocycles. The quantitative estimate of drug-likeness (QED) is 0.519. The van der Waals surface area contributed by atoms with Gasteiger partial charge in [-0.1, -0.05) is 42.1 Å². The van der Waals surface area contributed by atoms with Gasteiger partial charge in [-0.3, -0.25) is 4.79 Å². The van der Waals surface area contributed by atoms with Crippen molar-refractivity contribution in [1.29, 1.82) is 0 Å². The van der Waals surface area contributed by atoms with Crippen LogP contribution in [0.3, 0.4) is 0 Å². The topological polar surface area (TPSA) is 80.7 Å². The predicted octanol–water partition coefficient (Wildman–Crippen LogP) is 5.03. The van der Waals surface area contributed by atoms with Crippen molar-refractivity contribution in [2.75, 3.05) is 7.11 Å². The number of hydrogen-bond acceptors (Lipinski definition) is 4. The number of halogens is 2.